The normalized spacial score (nSPS) is 10.4. The van der Waals surface area contributed by atoms with E-state index in [1.54, 1.807) is 30.5 Å². The summed E-state index contributed by atoms with van der Waals surface area (Å²) in [7, 11) is 3.73. The highest BCUT2D eigenvalue weighted by Gasteiger charge is 2.12. The number of aromatic nitrogens is 1. The van der Waals surface area contributed by atoms with E-state index in [1.165, 1.54) is 12.1 Å². The summed E-state index contributed by atoms with van der Waals surface area (Å²) in [5, 5.41) is 2.92. The molecule has 2 aromatic rings. The number of anilines is 1. The van der Waals surface area contributed by atoms with Crippen LogP contribution in [0, 0.1) is 5.82 Å². The molecule has 23 heavy (non-hydrogen) atoms. The van der Waals surface area contributed by atoms with Gasteiger partial charge in [-0.25, -0.2) is 9.37 Å². The summed E-state index contributed by atoms with van der Waals surface area (Å²) in [4.78, 5) is 18.3. The molecule has 1 aromatic carbocycles. The summed E-state index contributed by atoms with van der Waals surface area (Å²) >= 11 is 0. The van der Waals surface area contributed by atoms with E-state index in [2.05, 4.69) is 10.3 Å². The van der Waals surface area contributed by atoms with Gasteiger partial charge in [0.05, 0.1) is 5.56 Å². The van der Waals surface area contributed by atoms with Gasteiger partial charge >= 0.3 is 0 Å². The van der Waals surface area contributed by atoms with Crippen LogP contribution >= 0.6 is 0 Å². The Morgan fingerprint density at radius 3 is 2.61 bits per heavy atom. The van der Waals surface area contributed by atoms with Crippen molar-refractivity contribution < 1.29 is 9.18 Å². The van der Waals surface area contributed by atoms with Crippen LogP contribution in [0.2, 0.25) is 0 Å². The number of nitrogens with one attached hydrogen (secondary N) is 1. The first-order valence-corrected chi connectivity index (χ1v) is 7.73. The van der Waals surface area contributed by atoms with Crippen molar-refractivity contribution in [2.75, 3.05) is 25.5 Å². The molecule has 0 aliphatic heterocycles. The molecule has 1 aromatic heterocycles. The molecule has 0 atom stereocenters. The van der Waals surface area contributed by atoms with Crippen LogP contribution in [-0.2, 0) is 6.42 Å². The number of hydrogen-bond acceptors (Lipinski definition) is 3. The second-order valence-corrected chi connectivity index (χ2v) is 5.61. The van der Waals surface area contributed by atoms with Crippen LogP contribution in [-0.4, -0.2) is 31.5 Å². The molecule has 1 N–H and O–H groups in total. The van der Waals surface area contributed by atoms with Crippen molar-refractivity contribution in [1.29, 1.82) is 0 Å². The number of carbonyl (C=O) groups excluding carboxylic acids is 1. The Labute approximate surface area is 136 Å². The van der Waals surface area contributed by atoms with Crippen molar-refractivity contribution in [3.63, 3.8) is 0 Å². The van der Waals surface area contributed by atoms with Crippen molar-refractivity contribution in [1.82, 2.24) is 10.3 Å². The first kappa shape index (κ1) is 16.9. The fraction of sp³-hybridized carbons (Fsp3) is 0.333. The fourth-order valence-electron chi connectivity index (χ4n) is 2.33. The Balaban J connectivity index is 1.76. The van der Waals surface area contributed by atoms with Crippen molar-refractivity contribution in [2.45, 2.75) is 19.3 Å². The molecule has 122 valence electrons. The molecule has 5 heteroatoms. The SMILES string of the molecule is CN(C)c1ncccc1C(=O)NCCCCc1ccc(F)cc1. The third kappa shape index (κ3) is 5.06. The summed E-state index contributed by atoms with van der Waals surface area (Å²) in [6.45, 7) is 0.613. The van der Waals surface area contributed by atoms with Gasteiger partial charge < -0.3 is 10.2 Å². The van der Waals surface area contributed by atoms with Gasteiger partial charge in [-0.3, -0.25) is 4.79 Å². The molecule has 1 heterocycles. The maximum atomic E-state index is 12.8. The van der Waals surface area contributed by atoms with Gasteiger partial charge in [0.15, 0.2) is 0 Å². The minimum absolute atomic E-state index is 0.108. The number of rotatable bonds is 7. The van der Waals surface area contributed by atoms with Gasteiger partial charge in [-0.2, -0.15) is 0 Å². The minimum atomic E-state index is -0.214. The maximum absolute atomic E-state index is 12.8. The number of nitrogens with zero attached hydrogens (tertiary/aromatic N) is 2. The number of halogens is 1. The zero-order valence-corrected chi connectivity index (χ0v) is 13.6. The van der Waals surface area contributed by atoms with Gasteiger partial charge in [-0.05, 0) is 49.1 Å². The number of carbonyl (C=O) groups is 1. The standard InChI is InChI=1S/C18H22FN3O/c1-22(2)17-16(7-5-13-20-17)18(23)21-12-4-3-6-14-8-10-15(19)11-9-14/h5,7-11,13H,3-4,6,12H2,1-2H3,(H,21,23). The molecule has 0 radical (unpaired) electrons. The number of hydrogen-bond donors (Lipinski definition) is 1. The molecule has 4 nitrogen and oxygen atoms in total. The van der Waals surface area contributed by atoms with Crippen LogP contribution in [0.1, 0.15) is 28.8 Å². The topological polar surface area (TPSA) is 45.2 Å². The van der Waals surface area contributed by atoms with Crippen LogP contribution in [0.4, 0.5) is 10.2 Å². The van der Waals surface area contributed by atoms with Crippen molar-refractivity contribution >= 4 is 11.7 Å². The second kappa shape index (κ2) is 8.27. The van der Waals surface area contributed by atoms with E-state index in [0.29, 0.717) is 17.9 Å². The van der Waals surface area contributed by atoms with E-state index in [0.717, 1.165) is 24.8 Å². The van der Waals surface area contributed by atoms with E-state index < -0.39 is 0 Å². The Kier molecular flexibility index (Phi) is 6.09. The second-order valence-electron chi connectivity index (χ2n) is 5.61. The van der Waals surface area contributed by atoms with Gasteiger partial charge in [-0.15, -0.1) is 0 Å². The maximum Gasteiger partial charge on any atom is 0.255 e. The van der Waals surface area contributed by atoms with Gasteiger partial charge in [0, 0.05) is 26.8 Å². The predicted octanol–water partition coefficient (Wildman–Crippen LogP) is 3.04. The Hall–Kier alpha value is -2.43. The predicted molar refractivity (Wildman–Crippen MR) is 90.2 cm³/mol. The lowest BCUT2D eigenvalue weighted by molar-refractivity contribution is 0.0953. The number of benzene rings is 1. The number of unbranched alkanes of at least 4 members (excludes halogenated alkanes) is 1. The molecule has 0 unspecified atom stereocenters. The van der Waals surface area contributed by atoms with Gasteiger partial charge in [0.1, 0.15) is 11.6 Å². The monoisotopic (exact) mass is 315 g/mol. The lowest BCUT2D eigenvalue weighted by Gasteiger charge is -2.15. The molecule has 0 bridgehead atoms. The summed E-state index contributed by atoms with van der Waals surface area (Å²) in [6, 6.07) is 10.1. The summed E-state index contributed by atoms with van der Waals surface area (Å²) in [5.74, 6) is 0.342. The number of pyridine rings is 1. The minimum Gasteiger partial charge on any atom is -0.362 e. The van der Waals surface area contributed by atoms with Gasteiger partial charge in [0.2, 0.25) is 0 Å². The zero-order valence-electron chi connectivity index (χ0n) is 13.6. The molecule has 2 rings (SSSR count). The molecule has 0 spiro atoms. The van der Waals surface area contributed by atoms with E-state index in [1.807, 2.05) is 19.0 Å². The smallest absolute Gasteiger partial charge is 0.255 e. The van der Waals surface area contributed by atoms with E-state index >= 15 is 0 Å². The third-order valence-electron chi connectivity index (χ3n) is 3.55. The van der Waals surface area contributed by atoms with Gasteiger partial charge in [0.25, 0.3) is 5.91 Å². The van der Waals surface area contributed by atoms with E-state index in [-0.39, 0.29) is 11.7 Å². The van der Waals surface area contributed by atoms with Crippen LogP contribution < -0.4 is 10.2 Å². The lowest BCUT2D eigenvalue weighted by atomic mass is 10.1. The highest BCUT2D eigenvalue weighted by atomic mass is 19.1. The van der Waals surface area contributed by atoms with Crippen LogP contribution in [0.5, 0.6) is 0 Å². The first-order valence-electron chi connectivity index (χ1n) is 7.73. The van der Waals surface area contributed by atoms with Crippen LogP contribution in [0.15, 0.2) is 42.6 Å². The molecule has 0 aliphatic rings. The van der Waals surface area contributed by atoms with Crippen LogP contribution in [0.25, 0.3) is 0 Å². The van der Waals surface area contributed by atoms with Gasteiger partial charge in [-0.1, -0.05) is 12.1 Å². The number of aryl methyl sites for hydroxylation is 1. The lowest BCUT2D eigenvalue weighted by Crippen LogP contribution is -2.27. The van der Waals surface area contributed by atoms with Crippen LogP contribution in [0.3, 0.4) is 0 Å². The van der Waals surface area contributed by atoms with E-state index in [9.17, 15) is 9.18 Å². The van der Waals surface area contributed by atoms with Crippen molar-refractivity contribution in [3.05, 3.63) is 59.5 Å². The molecule has 1 amide bonds. The zero-order chi connectivity index (χ0) is 16.7. The molecular formula is C18H22FN3O. The summed E-state index contributed by atoms with van der Waals surface area (Å²) < 4.78 is 12.8. The average molecular weight is 315 g/mol. The average Bonchev–Trinajstić information content (AvgIpc) is 2.56. The molecule has 0 aliphatic carbocycles. The highest BCUT2D eigenvalue weighted by Crippen LogP contribution is 2.14. The molecule has 0 fully saturated rings. The number of amides is 1. The summed E-state index contributed by atoms with van der Waals surface area (Å²) in [6.07, 6.45) is 4.38. The summed E-state index contributed by atoms with van der Waals surface area (Å²) in [5.41, 5.74) is 1.69. The Morgan fingerprint density at radius 1 is 1.17 bits per heavy atom. The Morgan fingerprint density at radius 2 is 1.91 bits per heavy atom. The third-order valence-corrected chi connectivity index (χ3v) is 3.55. The quantitative estimate of drug-likeness (QED) is 0.799. The first-order chi connectivity index (χ1) is 11.1. The largest absolute Gasteiger partial charge is 0.362 e. The molecule has 0 saturated carbocycles. The highest BCUT2D eigenvalue weighted by molar-refractivity contribution is 5.98. The Bertz CT molecular complexity index is 641. The van der Waals surface area contributed by atoms with E-state index in [4.69, 9.17) is 0 Å². The molecule has 0 saturated heterocycles. The molecular weight excluding hydrogens is 293 g/mol. The fourth-order valence-corrected chi connectivity index (χ4v) is 2.33. The van der Waals surface area contributed by atoms with Crippen molar-refractivity contribution in [3.8, 4) is 0 Å². The van der Waals surface area contributed by atoms with Crippen molar-refractivity contribution in [2.24, 2.45) is 0 Å².